The van der Waals surface area contributed by atoms with Gasteiger partial charge in [0, 0.05) is 18.7 Å². The van der Waals surface area contributed by atoms with E-state index in [0.717, 1.165) is 0 Å². The van der Waals surface area contributed by atoms with Crippen molar-refractivity contribution < 1.29 is 13.2 Å². The number of hydrogen-bond donors (Lipinski definition) is 3. The van der Waals surface area contributed by atoms with Gasteiger partial charge in [0.1, 0.15) is 0 Å². The molecule has 0 heterocycles. The predicted molar refractivity (Wildman–Crippen MR) is 69.7 cm³/mol. The predicted octanol–water partition coefficient (Wildman–Crippen LogP) is 0.190. The van der Waals surface area contributed by atoms with Crippen molar-refractivity contribution in [3.05, 3.63) is 23.8 Å². The second-order valence-corrected chi connectivity index (χ2v) is 5.41. The number of carbonyl (C=O) groups is 1. The van der Waals surface area contributed by atoms with E-state index in [0.29, 0.717) is 24.2 Å². The van der Waals surface area contributed by atoms with Gasteiger partial charge in [-0.25, -0.2) is 13.6 Å². The molecule has 1 aromatic rings. The Kier molecular flexibility index (Phi) is 4.83. The Morgan fingerprint density at radius 2 is 2.06 bits per heavy atom. The molecule has 0 aromatic heterocycles. The Labute approximate surface area is 107 Å². The first kappa shape index (κ1) is 14.6. The number of rotatable bonds is 5. The molecule has 0 aliphatic carbocycles. The highest BCUT2D eigenvalue weighted by atomic mass is 32.2. The van der Waals surface area contributed by atoms with Crippen LogP contribution in [-0.4, -0.2) is 27.9 Å². The molecule has 0 aliphatic heterocycles. The van der Waals surface area contributed by atoms with Gasteiger partial charge in [-0.05, 0) is 31.7 Å². The number of amides is 1. The standard InChI is InChI=1S/C11H17N3O3S/c1-8-9(14-11(15)6-7-13-2)4-3-5-10(8)18(12,16)17/h3-5,13H,6-7H2,1-2H3,(H,14,15)(H2,12,16,17). The lowest BCUT2D eigenvalue weighted by Crippen LogP contribution is -2.20. The third-order valence-electron chi connectivity index (χ3n) is 2.47. The van der Waals surface area contributed by atoms with Crippen LogP contribution in [0.5, 0.6) is 0 Å². The lowest BCUT2D eigenvalue weighted by atomic mass is 10.2. The van der Waals surface area contributed by atoms with Crippen molar-refractivity contribution >= 4 is 21.6 Å². The monoisotopic (exact) mass is 271 g/mol. The molecule has 1 rings (SSSR count). The van der Waals surface area contributed by atoms with Crippen LogP contribution in [0.2, 0.25) is 0 Å². The van der Waals surface area contributed by atoms with Crippen molar-refractivity contribution in [1.82, 2.24) is 5.32 Å². The molecule has 6 nitrogen and oxygen atoms in total. The van der Waals surface area contributed by atoms with Crippen molar-refractivity contribution in [2.24, 2.45) is 5.14 Å². The molecule has 0 fully saturated rings. The maximum absolute atomic E-state index is 11.6. The number of carbonyl (C=O) groups excluding carboxylic acids is 1. The lowest BCUT2D eigenvalue weighted by Gasteiger charge is -2.11. The lowest BCUT2D eigenvalue weighted by molar-refractivity contribution is -0.116. The summed E-state index contributed by atoms with van der Waals surface area (Å²) in [6, 6.07) is 4.59. The molecule has 0 spiro atoms. The van der Waals surface area contributed by atoms with E-state index in [1.54, 1.807) is 26.1 Å². The van der Waals surface area contributed by atoms with Crippen LogP contribution in [0.15, 0.2) is 23.1 Å². The Bertz CT molecular complexity index is 540. The number of benzene rings is 1. The van der Waals surface area contributed by atoms with Crippen molar-refractivity contribution in [2.45, 2.75) is 18.2 Å². The summed E-state index contributed by atoms with van der Waals surface area (Å²) in [5.41, 5.74) is 0.903. The fourth-order valence-electron chi connectivity index (χ4n) is 1.51. The smallest absolute Gasteiger partial charge is 0.238 e. The Morgan fingerprint density at radius 1 is 1.39 bits per heavy atom. The fourth-order valence-corrected chi connectivity index (χ4v) is 2.31. The summed E-state index contributed by atoms with van der Waals surface area (Å²) >= 11 is 0. The number of hydrogen-bond acceptors (Lipinski definition) is 4. The maximum Gasteiger partial charge on any atom is 0.238 e. The van der Waals surface area contributed by atoms with Gasteiger partial charge in [0.25, 0.3) is 0 Å². The van der Waals surface area contributed by atoms with E-state index < -0.39 is 10.0 Å². The topological polar surface area (TPSA) is 101 Å². The van der Waals surface area contributed by atoms with Gasteiger partial charge in [-0.3, -0.25) is 4.79 Å². The summed E-state index contributed by atoms with van der Waals surface area (Å²) in [5.74, 6) is -0.181. The largest absolute Gasteiger partial charge is 0.326 e. The molecule has 18 heavy (non-hydrogen) atoms. The van der Waals surface area contributed by atoms with Crippen LogP contribution in [0.25, 0.3) is 0 Å². The Morgan fingerprint density at radius 3 is 2.61 bits per heavy atom. The summed E-state index contributed by atoms with van der Waals surface area (Å²) < 4.78 is 22.6. The molecular weight excluding hydrogens is 254 g/mol. The average Bonchev–Trinajstić information content (AvgIpc) is 2.27. The van der Waals surface area contributed by atoms with Gasteiger partial charge in [0.05, 0.1) is 4.90 Å². The van der Waals surface area contributed by atoms with E-state index in [2.05, 4.69) is 10.6 Å². The molecule has 1 aromatic carbocycles. The van der Waals surface area contributed by atoms with Crippen molar-refractivity contribution in [2.75, 3.05) is 18.9 Å². The number of anilines is 1. The van der Waals surface area contributed by atoms with Gasteiger partial charge >= 0.3 is 0 Å². The van der Waals surface area contributed by atoms with Crippen LogP contribution in [-0.2, 0) is 14.8 Å². The number of primary sulfonamides is 1. The normalized spacial score (nSPS) is 11.3. The van der Waals surface area contributed by atoms with E-state index in [9.17, 15) is 13.2 Å². The SMILES string of the molecule is CNCCC(=O)Nc1cccc(S(N)(=O)=O)c1C. The van der Waals surface area contributed by atoms with Gasteiger partial charge in [0.2, 0.25) is 15.9 Å². The maximum atomic E-state index is 11.6. The molecule has 0 unspecified atom stereocenters. The number of nitrogens with two attached hydrogens (primary N) is 1. The zero-order valence-electron chi connectivity index (χ0n) is 10.4. The molecule has 0 atom stereocenters. The first-order chi connectivity index (χ1) is 8.36. The molecule has 0 radical (unpaired) electrons. The van der Waals surface area contributed by atoms with Crippen LogP contribution in [0.3, 0.4) is 0 Å². The van der Waals surface area contributed by atoms with E-state index in [1.165, 1.54) is 6.07 Å². The van der Waals surface area contributed by atoms with Crippen LogP contribution >= 0.6 is 0 Å². The highest BCUT2D eigenvalue weighted by Gasteiger charge is 2.14. The molecular formula is C11H17N3O3S. The number of nitrogens with one attached hydrogen (secondary N) is 2. The minimum atomic E-state index is -3.77. The summed E-state index contributed by atoms with van der Waals surface area (Å²) in [7, 11) is -2.02. The van der Waals surface area contributed by atoms with Gasteiger partial charge in [0.15, 0.2) is 0 Å². The summed E-state index contributed by atoms with van der Waals surface area (Å²) in [4.78, 5) is 11.6. The first-order valence-electron chi connectivity index (χ1n) is 5.43. The second-order valence-electron chi connectivity index (χ2n) is 3.88. The van der Waals surface area contributed by atoms with E-state index in [1.807, 2.05) is 0 Å². The molecule has 7 heteroatoms. The van der Waals surface area contributed by atoms with E-state index in [4.69, 9.17) is 5.14 Å². The Balaban J connectivity index is 2.95. The van der Waals surface area contributed by atoms with Gasteiger partial charge in [-0.2, -0.15) is 0 Å². The first-order valence-corrected chi connectivity index (χ1v) is 6.97. The molecule has 0 aliphatic rings. The third kappa shape index (κ3) is 3.80. The van der Waals surface area contributed by atoms with Gasteiger partial charge in [-0.1, -0.05) is 6.07 Å². The fraction of sp³-hybridized carbons (Fsp3) is 0.364. The zero-order valence-corrected chi connectivity index (χ0v) is 11.2. The molecule has 100 valence electrons. The average molecular weight is 271 g/mol. The number of sulfonamides is 1. The van der Waals surface area contributed by atoms with E-state index in [-0.39, 0.29) is 10.8 Å². The highest BCUT2D eigenvalue weighted by molar-refractivity contribution is 7.89. The molecule has 4 N–H and O–H groups in total. The summed E-state index contributed by atoms with van der Waals surface area (Å²) in [5, 5.41) is 10.6. The minimum Gasteiger partial charge on any atom is -0.326 e. The molecule has 0 saturated heterocycles. The van der Waals surface area contributed by atoms with E-state index >= 15 is 0 Å². The highest BCUT2D eigenvalue weighted by Crippen LogP contribution is 2.21. The van der Waals surface area contributed by atoms with Crippen LogP contribution in [0.4, 0.5) is 5.69 Å². The zero-order chi connectivity index (χ0) is 13.8. The van der Waals surface area contributed by atoms with Crippen molar-refractivity contribution in [3.63, 3.8) is 0 Å². The van der Waals surface area contributed by atoms with Gasteiger partial charge in [-0.15, -0.1) is 0 Å². The van der Waals surface area contributed by atoms with Crippen LogP contribution < -0.4 is 15.8 Å². The van der Waals surface area contributed by atoms with Crippen LogP contribution in [0, 0.1) is 6.92 Å². The Hall–Kier alpha value is -1.44. The van der Waals surface area contributed by atoms with Crippen molar-refractivity contribution in [3.8, 4) is 0 Å². The van der Waals surface area contributed by atoms with Crippen molar-refractivity contribution in [1.29, 1.82) is 0 Å². The quantitative estimate of drug-likeness (QED) is 0.711. The van der Waals surface area contributed by atoms with Gasteiger partial charge < -0.3 is 10.6 Å². The molecule has 0 bridgehead atoms. The summed E-state index contributed by atoms with van der Waals surface area (Å²) in [6.45, 7) is 2.16. The summed E-state index contributed by atoms with van der Waals surface area (Å²) in [6.07, 6.45) is 0.315. The second kappa shape index (κ2) is 5.94. The molecule has 0 saturated carbocycles. The van der Waals surface area contributed by atoms with Crippen LogP contribution in [0.1, 0.15) is 12.0 Å². The third-order valence-corrected chi connectivity index (χ3v) is 3.52. The molecule has 1 amide bonds. The minimum absolute atomic E-state index is 0.0221.